The minimum atomic E-state index is -0.361. The molecule has 2 atom stereocenters. The van der Waals surface area contributed by atoms with Gasteiger partial charge in [-0.3, -0.25) is 9.80 Å². The van der Waals surface area contributed by atoms with Gasteiger partial charge in [-0.25, -0.2) is 0 Å². The number of carbonyl (C=O) groups excluding carboxylic acids is 1. The van der Waals surface area contributed by atoms with Gasteiger partial charge in [0.15, 0.2) is 11.2 Å². The van der Waals surface area contributed by atoms with Gasteiger partial charge in [-0.1, -0.05) is 43.0 Å². The van der Waals surface area contributed by atoms with E-state index < -0.39 is 0 Å². The van der Waals surface area contributed by atoms with Gasteiger partial charge in [0.25, 0.3) is 5.91 Å². The minimum absolute atomic E-state index is 0.0234. The lowest BCUT2D eigenvalue weighted by Gasteiger charge is -2.43. The molecule has 1 amide bonds. The summed E-state index contributed by atoms with van der Waals surface area (Å²) in [5, 5.41) is 13.5. The van der Waals surface area contributed by atoms with Crippen LogP contribution in [0, 0.1) is 0 Å². The van der Waals surface area contributed by atoms with E-state index in [4.69, 9.17) is 0 Å². The molecular weight excluding hydrogens is 284 g/mol. The number of carbonyl (C=O) groups is 1. The van der Waals surface area contributed by atoms with E-state index in [1.807, 2.05) is 29.3 Å². The standard InChI is InChI=1S/C15H18N4OS/c1-3-9-21-15-17-14(20)13-10-7-5-6-8-11(10)16-12(4-2)19(13)18-15/h3,5-8,12-13,16H,1,4,9H2,2H3,(H,17,18,20)/t12-,13-/m1/s1. The molecule has 0 aliphatic carbocycles. The number of hydrogen-bond acceptors (Lipinski definition) is 5. The van der Waals surface area contributed by atoms with Crippen LogP contribution in [0.4, 0.5) is 5.69 Å². The van der Waals surface area contributed by atoms with Crippen LogP contribution in [0.2, 0.25) is 0 Å². The Morgan fingerprint density at radius 1 is 1.48 bits per heavy atom. The van der Waals surface area contributed by atoms with Gasteiger partial charge in [-0.05, 0) is 12.5 Å². The summed E-state index contributed by atoms with van der Waals surface area (Å²) in [5.41, 5.74) is 1.98. The number of benzene rings is 1. The summed E-state index contributed by atoms with van der Waals surface area (Å²) in [6, 6.07) is 7.55. The number of thioether (sulfide) groups is 1. The SMILES string of the molecule is C=CCSC1=NN2[C@H](CC)Nc3ccccc3[C@@H]2C(=O)N1. The second kappa shape index (κ2) is 5.81. The highest BCUT2D eigenvalue weighted by atomic mass is 32.2. The molecular formula is C15H18N4OS. The monoisotopic (exact) mass is 302 g/mol. The number of nitrogens with zero attached hydrogens (tertiary/aromatic N) is 2. The predicted octanol–water partition coefficient (Wildman–Crippen LogP) is 2.51. The molecule has 0 aromatic heterocycles. The van der Waals surface area contributed by atoms with E-state index in [2.05, 4.69) is 29.2 Å². The molecule has 2 aliphatic heterocycles. The lowest BCUT2D eigenvalue weighted by molar-refractivity contribution is -0.127. The molecule has 0 saturated carbocycles. The van der Waals surface area contributed by atoms with Crippen LogP contribution in [0.3, 0.4) is 0 Å². The number of hydrazone groups is 1. The zero-order chi connectivity index (χ0) is 14.8. The molecule has 2 aliphatic rings. The zero-order valence-electron chi connectivity index (χ0n) is 11.9. The van der Waals surface area contributed by atoms with Gasteiger partial charge >= 0.3 is 0 Å². The minimum Gasteiger partial charge on any atom is -0.364 e. The Labute approximate surface area is 128 Å². The normalized spacial score (nSPS) is 23.4. The average Bonchev–Trinajstić information content (AvgIpc) is 2.51. The number of amides is 1. The van der Waals surface area contributed by atoms with Gasteiger partial charge in [0.2, 0.25) is 0 Å². The third kappa shape index (κ3) is 2.51. The van der Waals surface area contributed by atoms with Crippen molar-refractivity contribution in [2.45, 2.75) is 25.6 Å². The number of rotatable bonds is 3. The van der Waals surface area contributed by atoms with Crippen molar-refractivity contribution in [3.8, 4) is 0 Å². The van der Waals surface area contributed by atoms with Crippen LogP contribution in [-0.4, -0.2) is 28.0 Å². The Morgan fingerprint density at radius 3 is 3.05 bits per heavy atom. The van der Waals surface area contributed by atoms with Crippen LogP contribution in [0.25, 0.3) is 0 Å². The van der Waals surface area contributed by atoms with Crippen LogP contribution >= 0.6 is 11.8 Å². The number of para-hydroxylation sites is 1. The summed E-state index contributed by atoms with van der Waals surface area (Å²) >= 11 is 1.48. The van der Waals surface area contributed by atoms with Gasteiger partial charge < -0.3 is 10.6 Å². The Balaban J connectivity index is 1.99. The zero-order valence-corrected chi connectivity index (χ0v) is 12.7. The van der Waals surface area contributed by atoms with Gasteiger partial charge in [-0.2, -0.15) is 0 Å². The lowest BCUT2D eigenvalue weighted by atomic mass is 9.99. The van der Waals surface area contributed by atoms with Crippen molar-refractivity contribution in [3.05, 3.63) is 42.5 Å². The first kappa shape index (κ1) is 14.0. The van der Waals surface area contributed by atoms with Crippen LogP contribution in [0.1, 0.15) is 24.9 Å². The van der Waals surface area contributed by atoms with Crippen LogP contribution < -0.4 is 10.6 Å². The largest absolute Gasteiger partial charge is 0.364 e. The molecule has 0 bridgehead atoms. The molecule has 2 N–H and O–H groups in total. The maximum Gasteiger partial charge on any atom is 0.255 e. The third-order valence-electron chi connectivity index (χ3n) is 3.57. The van der Waals surface area contributed by atoms with Crippen molar-refractivity contribution in [1.82, 2.24) is 10.3 Å². The van der Waals surface area contributed by atoms with E-state index in [-0.39, 0.29) is 18.1 Å². The maximum atomic E-state index is 12.5. The molecule has 0 radical (unpaired) electrons. The van der Waals surface area contributed by atoms with E-state index >= 15 is 0 Å². The average molecular weight is 302 g/mol. The Bertz CT molecular complexity index is 601. The third-order valence-corrected chi connectivity index (χ3v) is 4.43. The number of fused-ring (bicyclic) bond motifs is 3. The summed E-state index contributed by atoms with van der Waals surface area (Å²) in [4.78, 5) is 12.5. The smallest absolute Gasteiger partial charge is 0.255 e. The van der Waals surface area contributed by atoms with Crippen molar-refractivity contribution < 1.29 is 4.79 Å². The summed E-state index contributed by atoms with van der Waals surface area (Å²) < 4.78 is 0. The van der Waals surface area contributed by atoms with Gasteiger partial charge in [-0.15, -0.1) is 11.7 Å². The molecule has 1 aromatic carbocycles. The Morgan fingerprint density at radius 2 is 2.29 bits per heavy atom. The highest BCUT2D eigenvalue weighted by Gasteiger charge is 2.40. The molecule has 1 aromatic rings. The van der Waals surface area contributed by atoms with Crippen LogP contribution in [0.5, 0.6) is 0 Å². The van der Waals surface area contributed by atoms with Crippen LogP contribution in [-0.2, 0) is 4.79 Å². The van der Waals surface area contributed by atoms with E-state index in [0.717, 1.165) is 23.4 Å². The lowest BCUT2D eigenvalue weighted by Crippen LogP contribution is -2.54. The van der Waals surface area contributed by atoms with Crippen molar-refractivity contribution >= 4 is 28.5 Å². The molecule has 110 valence electrons. The maximum absolute atomic E-state index is 12.5. The summed E-state index contributed by atoms with van der Waals surface area (Å²) in [6.07, 6.45) is 2.68. The number of anilines is 1. The first-order valence-corrected chi connectivity index (χ1v) is 8.00. The van der Waals surface area contributed by atoms with Crippen molar-refractivity contribution in [2.75, 3.05) is 11.1 Å². The van der Waals surface area contributed by atoms with Crippen molar-refractivity contribution in [2.24, 2.45) is 5.10 Å². The molecule has 3 rings (SSSR count). The second-order valence-corrected chi connectivity index (χ2v) is 5.94. The quantitative estimate of drug-likeness (QED) is 0.842. The predicted molar refractivity (Wildman–Crippen MR) is 87.0 cm³/mol. The van der Waals surface area contributed by atoms with E-state index in [1.54, 1.807) is 6.08 Å². The first-order valence-electron chi connectivity index (χ1n) is 7.01. The molecule has 21 heavy (non-hydrogen) atoms. The molecule has 6 heteroatoms. The van der Waals surface area contributed by atoms with E-state index in [1.165, 1.54) is 11.8 Å². The fraction of sp³-hybridized carbons (Fsp3) is 0.333. The highest BCUT2D eigenvalue weighted by Crippen LogP contribution is 2.37. The van der Waals surface area contributed by atoms with Gasteiger partial charge in [0, 0.05) is 17.0 Å². The number of nitrogens with one attached hydrogen (secondary N) is 2. The van der Waals surface area contributed by atoms with Crippen molar-refractivity contribution in [1.29, 1.82) is 0 Å². The topological polar surface area (TPSA) is 56.7 Å². The first-order chi connectivity index (χ1) is 10.2. The van der Waals surface area contributed by atoms with E-state index in [0.29, 0.717) is 5.17 Å². The Kier molecular flexibility index (Phi) is 3.88. The van der Waals surface area contributed by atoms with Gasteiger partial charge in [0.05, 0.1) is 0 Å². The molecule has 5 nitrogen and oxygen atoms in total. The molecule has 0 spiro atoms. The number of amidine groups is 1. The molecule has 0 saturated heterocycles. The number of hydrogen-bond donors (Lipinski definition) is 2. The fourth-order valence-electron chi connectivity index (χ4n) is 2.62. The fourth-order valence-corrected chi connectivity index (χ4v) is 3.22. The summed E-state index contributed by atoms with van der Waals surface area (Å²) in [6.45, 7) is 5.78. The van der Waals surface area contributed by atoms with Crippen molar-refractivity contribution in [3.63, 3.8) is 0 Å². The molecule has 0 fully saturated rings. The summed E-state index contributed by atoms with van der Waals surface area (Å²) in [7, 11) is 0. The molecule has 0 unspecified atom stereocenters. The highest BCUT2D eigenvalue weighted by molar-refractivity contribution is 8.14. The second-order valence-electron chi connectivity index (χ2n) is 4.93. The Hall–Kier alpha value is -1.95. The van der Waals surface area contributed by atoms with E-state index in [9.17, 15) is 4.79 Å². The summed E-state index contributed by atoms with van der Waals surface area (Å²) in [5.74, 6) is 0.697. The van der Waals surface area contributed by atoms with Crippen LogP contribution in [0.15, 0.2) is 42.0 Å². The molecule has 2 heterocycles. The van der Waals surface area contributed by atoms with Gasteiger partial charge in [0.1, 0.15) is 6.17 Å².